The summed E-state index contributed by atoms with van der Waals surface area (Å²) in [5, 5.41) is 7.27. The quantitative estimate of drug-likeness (QED) is 0.723. The number of carbonyl (C=O) groups is 1. The van der Waals surface area contributed by atoms with E-state index >= 15 is 0 Å². The number of rotatable bonds is 6. The molecule has 0 atom stereocenters. The van der Waals surface area contributed by atoms with Crippen LogP contribution in [0, 0.1) is 6.92 Å². The Hall–Kier alpha value is -3.08. The highest BCUT2D eigenvalue weighted by atomic mass is 16.1. The molecule has 1 heterocycles. The summed E-state index contributed by atoms with van der Waals surface area (Å²) < 4.78 is 1.84. The second-order valence-electron chi connectivity index (χ2n) is 6.11. The first-order chi connectivity index (χ1) is 12.6. The van der Waals surface area contributed by atoms with Gasteiger partial charge in [0.05, 0.1) is 5.69 Å². The van der Waals surface area contributed by atoms with Gasteiger partial charge in [-0.3, -0.25) is 4.79 Å². The van der Waals surface area contributed by atoms with E-state index in [0.29, 0.717) is 5.56 Å². The van der Waals surface area contributed by atoms with Crippen molar-refractivity contribution in [3.8, 4) is 5.69 Å². The Morgan fingerprint density at radius 1 is 1.08 bits per heavy atom. The highest BCUT2D eigenvalue weighted by molar-refractivity contribution is 6.04. The summed E-state index contributed by atoms with van der Waals surface area (Å²) in [5.41, 5.74) is 4.47. The van der Waals surface area contributed by atoms with Crippen molar-refractivity contribution in [2.24, 2.45) is 0 Å². The van der Waals surface area contributed by atoms with Gasteiger partial charge < -0.3 is 10.2 Å². The zero-order chi connectivity index (χ0) is 18.5. The fraction of sp³-hybridized carbons (Fsp3) is 0.238. The van der Waals surface area contributed by atoms with Crippen LogP contribution >= 0.6 is 0 Å². The van der Waals surface area contributed by atoms with E-state index in [1.54, 1.807) is 6.20 Å². The van der Waals surface area contributed by atoms with Crippen LogP contribution in [0.2, 0.25) is 0 Å². The maximum absolute atomic E-state index is 12.6. The molecule has 0 fully saturated rings. The Labute approximate surface area is 154 Å². The molecule has 1 aromatic heterocycles. The van der Waals surface area contributed by atoms with Gasteiger partial charge in [-0.1, -0.05) is 6.07 Å². The topological polar surface area (TPSA) is 50.2 Å². The summed E-state index contributed by atoms with van der Waals surface area (Å²) >= 11 is 0. The van der Waals surface area contributed by atoms with Crippen molar-refractivity contribution in [2.75, 3.05) is 23.3 Å². The first-order valence-corrected chi connectivity index (χ1v) is 8.89. The van der Waals surface area contributed by atoms with Crippen LogP contribution in [0.15, 0.2) is 60.8 Å². The van der Waals surface area contributed by atoms with Gasteiger partial charge in [-0.15, -0.1) is 0 Å². The van der Waals surface area contributed by atoms with Gasteiger partial charge in [0.15, 0.2) is 0 Å². The number of hydrogen-bond donors (Lipinski definition) is 1. The highest BCUT2D eigenvalue weighted by Gasteiger charge is 2.09. The van der Waals surface area contributed by atoms with Gasteiger partial charge in [0.1, 0.15) is 0 Å². The van der Waals surface area contributed by atoms with Gasteiger partial charge in [-0.05, 0) is 69.3 Å². The van der Waals surface area contributed by atoms with Gasteiger partial charge in [-0.2, -0.15) is 5.10 Å². The van der Waals surface area contributed by atoms with Crippen LogP contribution in [-0.2, 0) is 0 Å². The summed E-state index contributed by atoms with van der Waals surface area (Å²) in [4.78, 5) is 14.8. The van der Waals surface area contributed by atoms with Crippen LogP contribution in [0.5, 0.6) is 0 Å². The number of aryl methyl sites for hydroxylation is 1. The lowest BCUT2D eigenvalue weighted by Gasteiger charge is -2.21. The number of anilines is 2. The molecule has 0 unspecified atom stereocenters. The zero-order valence-electron chi connectivity index (χ0n) is 15.4. The molecule has 1 amide bonds. The molecule has 0 bridgehead atoms. The molecule has 0 saturated carbocycles. The predicted octanol–water partition coefficient (Wildman–Crippen LogP) is 4.28. The second-order valence-corrected chi connectivity index (χ2v) is 6.11. The molecule has 3 aromatic rings. The Kier molecular flexibility index (Phi) is 5.37. The van der Waals surface area contributed by atoms with Crippen LogP contribution in [0.1, 0.15) is 29.9 Å². The summed E-state index contributed by atoms with van der Waals surface area (Å²) in [7, 11) is 0. The molecule has 0 aliphatic heterocycles. The van der Waals surface area contributed by atoms with Gasteiger partial charge in [0.2, 0.25) is 0 Å². The first kappa shape index (κ1) is 17.7. The van der Waals surface area contributed by atoms with Gasteiger partial charge >= 0.3 is 0 Å². The minimum atomic E-state index is -0.120. The molecular weight excluding hydrogens is 324 g/mol. The van der Waals surface area contributed by atoms with Crippen molar-refractivity contribution in [1.29, 1.82) is 0 Å². The third-order valence-electron chi connectivity index (χ3n) is 4.44. The monoisotopic (exact) mass is 348 g/mol. The first-order valence-electron chi connectivity index (χ1n) is 8.89. The SMILES string of the molecule is CCN(CC)c1ccc(C(=O)Nc2cccc(-n3nccc3C)c2)cc1. The Bertz CT molecular complexity index is 879. The fourth-order valence-electron chi connectivity index (χ4n) is 2.97. The van der Waals surface area contributed by atoms with E-state index in [0.717, 1.165) is 35.8 Å². The smallest absolute Gasteiger partial charge is 0.255 e. The second kappa shape index (κ2) is 7.87. The number of benzene rings is 2. The number of carbonyl (C=O) groups excluding carboxylic acids is 1. The molecule has 5 nitrogen and oxygen atoms in total. The third-order valence-corrected chi connectivity index (χ3v) is 4.44. The van der Waals surface area contributed by atoms with Crippen molar-refractivity contribution < 1.29 is 4.79 Å². The molecule has 26 heavy (non-hydrogen) atoms. The molecule has 1 N–H and O–H groups in total. The minimum absolute atomic E-state index is 0.120. The largest absolute Gasteiger partial charge is 0.372 e. The maximum atomic E-state index is 12.6. The van der Waals surface area contributed by atoms with E-state index in [9.17, 15) is 4.79 Å². The van der Waals surface area contributed by atoms with E-state index < -0.39 is 0 Å². The number of aromatic nitrogens is 2. The molecular formula is C21H24N4O. The maximum Gasteiger partial charge on any atom is 0.255 e. The van der Waals surface area contributed by atoms with Gasteiger partial charge in [-0.25, -0.2) is 4.68 Å². The number of amides is 1. The molecule has 0 saturated heterocycles. The lowest BCUT2D eigenvalue weighted by atomic mass is 10.1. The van der Waals surface area contributed by atoms with E-state index in [4.69, 9.17) is 0 Å². The molecule has 3 rings (SSSR count). The molecule has 5 heteroatoms. The minimum Gasteiger partial charge on any atom is -0.372 e. The standard InChI is InChI=1S/C21H24N4O/c1-4-24(5-2)19-11-9-17(10-12-19)21(26)23-18-7-6-8-20(15-18)25-16(3)13-14-22-25/h6-15H,4-5H2,1-3H3,(H,23,26). The number of nitrogens with one attached hydrogen (secondary N) is 1. The van der Waals surface area contributed by atoms with Gasteiger partial charge in [0, 0.05) is 41.9 Å². The van der Waals surface area contributed by atoms with Crippen LogP contribution in [0.3, 0.4) is 0 Å². The molecule has 0 radical (unpaired) electrons. The molecule has 0 aliphatic carbocycles. The molecule has 0 aliphatic rings. The molecule has 0 spiro atoms. The Morgan fingerprint density at radius 2 is 1.81 bits per heavy atom. The highest BCUT2D eigenvalue weighted by Crippen LogP contribution is 2.18. The zero-order valence-corrected chi connectivity index (χ0v) is 15.4. The van der Waals surface area contributed by atoms with Crippen molar-refractivity contribution in [2.45, 2.75) is 20.8 Å². The number of hydrogen-bond acceptors (Lipinski definition) is 3. The van der Waals surface area contributed by atoms with E-state index in [1.165, 1.54) is 0 Å². The normalized spacial score (nSPS) is 10.6. The molecule has 134 valence electrons. The summed E-state index contributed by atoms with van der Waals surface area (Å²) in [5.74, 6) is -0.120. The van der Waals surface area contributed by atoms with Crippen molar-refractivity contribution in [1.82, 2.24) is 9.78 Å². The molecule has 2 aromatic carbocycles. The van der Waals surface area contributed by atoms with Crippen LogP contribution in [0.25, 0.3) is 5.69 Å². The van der Waals surface area contributed by atoms with Crippen molar-refractivity contribution in [3.63, 3.8) is 0 Å². The Balaban J connectivity index is 1.75. The van der Waals surface area contributed by atoms with E-state index in [1.807, 2.05) is 66.2 Å². The Morgan fingerprint density at radius 3 is 2.42 bits per heavy atom. The van der Waals surface area contributed by atoms with Crippen molar-refractivity contribution >= 4 is 17.3 Å². The van der Waals surface area contributed by atoms with Crippen LogP contribution < -0.4 is 10.2 Å². The predicted molar refractivity (Wildman–Crippen MR) is 106 cm³/mol. The van der Waals surface area contributed by atoms with E-state index in [-0.39, 0.29) is 5.91 Å². The lowest BCUT2D eigenvalue weighted by molar-refractivity contribution is 0.102. The average molecular weight is 348 g/mol. The van der Waals surface area contributed by atoms with Crippen LogP contribution in [-0.4, -0.2) is 28.8 Å². The van der Waals surface area contributed by atoms with Crippen molar-refractivity contribution in [3.05, 3.63) is 72.1 Å². The van der Waals surface area contributed by atoms with E-state index in [2.05, 4.69) is 29.2 Å². The lowest BCUT2D eigenvalue weighted by Crippen LogP contribution is -2.21. The summed E-state index contributed by atoms with van der Waals surface area (Å²) in [6.45, 7) is 8.13. The van der Waals surface area contributed by atoms with Gasteiger partial charge in [0.25, 0.3) is 5.91 Å². The number of nitrogens with zero attached hydrogens (tertiary/aromatic N) is 3. The van der Waals surface area contributed by atoms with Crippen LogP contribution in [0.4, 0.5) is 11.4 Å². The summed E-state index contributed by atoms with van der Waals surface area (Å²) in [6.07, 6.45) is 1.76. The summed E-state index contributed by atoms with van der Waals surface area (Å²) in [6, 6.07) is 17.3. The third kappa shape index (κ3) is 3.77. The average Bonchev–Trinajstić information content (AvgIpc) is 3.09. The fourth-order valence-corrected chi connectivity index (χ4v) is 2.97.